The summed E-state index contributed by atoms with van der Waals surface area (Å²) in [5, 5.41) is 5.45. The van der Waals surface area contributed by atoms with Crippen LogP contribution in [0, 0.1) is 6.92 Å². The minimum absolute atomic E-state index is 0.0772. The summed E-state index contributed by atoms with van der Waals surface area (Å²) in [6.45, 7) is 7.09. The van der Waals surface area contributed by atoms with Crippen molar-refractivity contribution in [1.29, 1.82) is 0 Å². The van der Waals surface area contributed by atoms with Crippen molar-refractivity contribution in [3.8, 4) is 0 Å². The van der Waals surface area contributed by atoms with Crippen molar-refractivity contribution in [3.05, 3.63) is 35.5 Å². The van der Waals surface area contributed by atoms with Crippen molar-refractivity contribution in [3.63, 3.8) is 0 Å². The number of hydrogen-bond donors (Lipinski definition) is 2. The van der Waals surface area contributed by atoms with Crippen LogP contribution in [0.3, 0.4) is 0 Å². The Hall–Kier alpha value is -3.03. The Bertz CT molecular complexity index is 719. The summed E-state index contributed by atoms with van der Waals surface area (Å²) < 4.78 is 14.4. The molecule has 0 aromatic heterocycles. The van der Waals surface area contributed by atoms with E-state index in [0.29, 0.717) is 11.4 Å². The van der Waals surface area contributed by atoms with E-state index in [1.54, 1.807) is 45.9 Å². The van der Waals surface area contributed by atoms with Gasteiger partial charge < -0.3 is 19.5 Å². The van der Waals surface area contributed by atoms with Gasteiger partial charge in [0.25, 0.3) is 0 Å². The molecule has 0 spiro atoms. The van der Waals surface area contributed by atoms with Gasteiger partial charge in [-0.25, -0.2) is 14.4 Å². The number of carbonyl (C=O) groups is 3. The van der Waals surface area contributed by atoms with Gasteiger partial charge in [0, 0.05) is 11.4 Å². The summed E-state index contributed by atoms with van der Waals surface area (Å²) in [5.41, 5.74) is 1.13. The molecule has 1 rings (SSSR count). The number of rotatable bonds is 5. The second-order valence-corrected chi connectivity index (χ2v) is 6.35. The molecule has 1 aromatic carbocycles. The van der Waals surface area contributed by atoms with Crippen molar-refractivity contribution >= 4 is 29.4 Å². The first kappa shape index (κ1) is 21.0. The maximum absolute atomic E-state index is 11.9. The molecule has 0 bridgehead atoms. The topological polar surface area (TPSA) is 103 Å². The third-order valence-corrected chi connectivity index (χ3v) is 3.01. The van der Waals surface area contributed by atoms with E-state index in [0.717, 1.165) is 11.6 Å². The largest absolute Gasteiger partial charge is 0.466 e. The number of amides is 1. The van der Waals surface area contributed by atoms with Crippen LogP contribution in [-0.2, 0) is 23.8 Å². The zero-order chi connectivity index (χ0) is 19.9. The molecule has 0 aliphatic rings. The molecule has 0 unspecified atom stereocenters. The average molecular weight is 364 g/mol. The Morgan fingerprint density at radius 1 is 1.04 bits per heavy atom. The second-order valence-electron chi connectivity index (χ2n) is 6.35. The lowest BCUT2D eigenvalue weighted by atomic mass is 10.1. The molecule has 26 heavy (non-hydrogen) atoms. The molecule has 0 aliphatic carbocycles. The van der Waals surface area contributed by atoms with Gasteiger partial charge in [-0.15, -0.1) is 0 Å². The molecular weight excluding hydrogens is 340 g/mol. The van der Waals surface area contributed by atoms with Gasteiger partial charge >= 0.3 is 18.0 Å². The van der Waals surface area contributed by atoms with Crippen molar-refractivity contribution in [2.45, 2.75) is 33.3 Å². The highest BCUT2D eigenvalue weighted by molar-refractivity contribution is 5.98. The highest BCUT2D eigenvalue weighted by Crippen LogP contribution is 2.22. The van der Waals surface area contributed by atoms with E-state index < -0.39 is 23.6 Å². The normalized spacial score (nSPS) is 11.4. The standard InChI is InChI=1S/C18H24N2O6/c1-11-9-12(19-14(16(22)25-6)10-15(21)24-5)7-8-13(11)20-17(23)26-18(2,3)4/h7-10,19H,1-6H3,(H,20,23)/b14-10+. The average Bonchev–Trinajstić information content (AvgIpc) is 2.54. The van der Waals surface area contributed by atoms with Gasteiger partial charge in [-0.2, -0.15) is 0 Å². The van der Waals surface area contributed by atoms with Gasteiger partial charge in [-0.1, -0.05) is 0 Å². The quantitative estimate of drug-likeness (QED) is 0.470. The Balaban J connectivity index is 2.94. The Labute approximate surface area is 152 Å². The lowest BCUT2D eigenvalue weighted by Gasteiger charge is -2.20. The third-order valence-electron chi connectivity index (χ3n) is 3.01. The second kappa shape index (κ2) is 8.89. The first-order valence-electron chi connectivity index (χ1n) is 7.81. The number of methoxy groups -OCH3 is 2. The van der Waals surface area contributed by atoms with E-state index in [9.17, 15) is 14.4 Å². The molecule has 0 saturated heterocycles. The number of hydrogen-bond acceptors (Lipinski definition) is 7. The first-order chi connectivity index (χ1) is 12.1. The van der Waals surface area contributed by atoms with Crippen molar-refractivity contribution in [2.75, 3.05) is 24.9 Å². The molecule has 142 valence electrons. The summed E-state index contributed by atoms with van der Waals surface area (Å²) in [4.78, 5) is 35.0. The van der Waals surface area contributed by atoms with Crippen LogP contribution in [0.2, 0.25) is 0 Å². The summed E-state index contributed by atoms with van der Waals surface area (Å²) in [6.07, 6.45) is 0.427. The van der Waals surface area contributed by atoms with Crippen molar-refractivity contribution in [1.82, 2.24) is 0 Å². The number of nitrogens with one attached hydrogen (secondary N) is 2. The number of aryl methyl sites for hydroxylation is 1. The molecule has 8 heteroatoms. The first-order valence-corrected chi connectivity index (χ1v) is 7.81. The van der Waals surface area contributed by atoms with E-state index in [1.807, 2.05) is 0 Å². The lowest BCUT2D eigenvalue weighted by Crippen LogP contribution is -2.27. The maximum atomic E-state index is 11.9. The predicted octanol–water partition coefficient (Wildman–Crippen LogP) is 2.98. The molecule has 0 saturated carbocycles. The minimum atomic E-state index is -0.719. The van der Waals surface area contributed by atoms with Gasteiger partial charge in [-0.05, 0) is 51.5 Å². The fourth-order valence-electron chi connectivity index (χ4n) is 1.88. The Morgan fingerprint density at radius 3 is 2.19 bits per heavy atom. The maximum Gasteiger partial charge on any atom is 0.412 e. The van der Waals surface area contributed by atoms with Crippen LogP contribution in [-0.4, -0.2) is 37.9 Å². The molecule has 8 nitrogen and oxygen atoms in total. The number of anilines is 2. The van der Waals surface area contributed by atoms with Crippen LogP contribution in [0.5, 0.6) is 0 Å². The van der Waals surface area contributed by atoms with E-state index in [-0.39, 0.29) is 5.70 Å². The van der Waals surface area contributed by atoms with Gasteiger partial charge in [0.05, 0.1) is 20.3 Å². The van der Waals surface area contributed by atoms with Crippen LogP contribution in [0.1, 0.15) is 26.3 Å². The summed E-state index contributed by atoms with van der Waals surface area (Å²) >= 11 is 0. The van der Waals surface area contributed by atoms with E-state index in [1.165, 1.54) is 14.2 Å². The Kier molecular flexibility index (Phi) is 7.18. The van der Waals surface area contributed by atoms with Gasteiger partial charge in [-0.3, -0.25) is 5.32 Å². The molecule has 1 amide bonds. The van der Waals surface area contributed by atoms with Gasteiger partial charge in [0.2, 0.25) is 0 Å². The fourth-order valence-corrected chi connectivity index (χ4v) is 1.88. The summed E-state index contributed by atoms with van der Waals surface area (Å²) in [5.74, 6) is -1.41. The summed E-state index contributed by atoms with van der Waals surface area (Å²) in [7, 11) is 2.41. The van der Waals surface area contributed by atoms with Gasteiger partial charge in [0.15, 0.2) is 0 Å². The number of carbonyl (C=O) groups excluding carboxylic acids is 3. The monoisotopic (exact) mass is 364 g/mol. The zero-order valence-electron chi connectivity index (χ0n) is 15.8. The molecule has 0 atom stereocenters. The Morgan fingerprint density at radius 2 is 1.69 bits per heavy atom. The van der Waals surface area contributed by atoms with Gasteiger partial charge in [0.1, 0.15) is 11.3 Å². The van der Waals surface area contributed by atoms with Crippen molar-refractivity contribution < 1.29 is 28.6 Å². The van der Waals surface area contributed by atoms with E-state index >= 15 is 0 Å². The highest BCUT2D eigenvalue weighted by Gasteiger charge is 2.17. The van der Waals surface area contributed by atoms with E-state index in [2.05, 4.69) is 20.1 Å². The minimum Gasteiger partial charge on any atom is -0.466 e. The van der Waals surface area contributed by atoms with E-state index in [4.69, 9.17) is 4.74 Å². The van der Waals surface area contributed by atoms with Crippen molar-refractivity contribution in [2.24, 2.45) is 0 Å². The number of ether oxygens (including phenoxy) is 3. The van der Waals surface area contributed by atoms with Crippen LogP contribution >= 0.6 is 0 Å². The third kappa shape index (κ3) is 6.84. The molecular formula is C18H24N2O6. The molecule has 0 heterocycles. The summed E-state index contributed by atoms with van der Waals surface area (Å²) in [6, 6.07) is 4.98. The fraction of sp³-hybridized carbons (Fsp3) is 0.389. The molecule has 2 N–H and O–H groups in total. The number of esters is 2. The SMILES string of the molecule is COC(=O)/C=C(/Nc1ccc(NC(=O)OC(C)(C)C)c(C)c1)C(=O)OC. The van der Waals surface area contributed by atoms with Crippen LogP contribution in [0.25, 0.3) is 0 Å². The molecule has 0 radical (unpaired) electrons. The van der Waals surface area contributed by atoms with Crippen LogP contribution in [0.15, 0.2) is 30.0 Å². The molecule has 0 fully saturated rings. The van der Waals surface area contributed by atoms with Crippen LogP contribution < -0.4 is 10.6 Å². The lowest BCUT2D eigenvalue weighted by molar-refractivity contribution is -0.138. The predicted molar refractivity (Wildman–Crippen MR) is 96.8 cm³/mol. The highest BCUT2D eigenvalue weighted by atomic mass is 16.6. The number of benzene rings is 1. The smallest absolute Gasteiger partial charge is 0.412 e. The molecule has 1 aromatic rings. The molecule has 0 aliphatic heterocycles. The van der Waals surface area contributed by atoms with Crippen LogP contribution in [0.4, 0.5) is 16.2 Å². The zero-order valence-corrected chi connectivity index (χ0v) is 15.8.